The van der Waals surface area contributed by atoms with Crippen molar-refractivity contribution in [1.82, 2.24) is 29.7 Å². The molecule has 1 atom stereocenters. The number of nitrogens with zero attached hydrogens (tertiary/aromatic N) is 5. The third-order valence-electron chi connectivity index (χ3n) is 4.90. The molecule has 4 N–H and O–H groups in total. The highest BCUT2D eigenvalue weighted by atomic mass is 16.3. The molecule has 0 aliphatic rings. The lowest BCUT2D eigenvalue weighted by Crippen LogP contribution is -2.17. The molecule has 0 aliphatic heterocycles. The number of aryl methyl sites for hydroxylation is 1. The van der Waals surface area contributed by atoms with Gasteiger partial charge >= 0.3 is 0 Å². The van der Waals surface area contributed by atoms with E-state index in [4.69, 9.17) is 0 Å². The first kappa shape index (κ1) is 21.2. The van der Waals surface area contributed by atoms with Crippen molar-refractivity contribution in [2.24, 2.45) is 7.05 Å². The predicted molar refractivity (Wildman–Crippen MR) is 123 cm³/mol. The SMILES string of the molecule is C[C@@H](CCO)Nc1cc(Nc2ccnc(-c3c[nH]n(C)c3=O)n2)ncc1-c1ccccn1. The molecule has 10 nitrogen and oxygen atoms in total. The molecular weight excluding hydrogens is 408 g/mol. The summed E-state index contributed by atoms with van der Waals surface area (Å²) >= 11 is 0. The van der Waals surface area contributed by atoms with Crippen LogP contribution in [0.4, 0.5) is 17.3 Å². The van der Waals surface area contributed by atoms with Gasteiger partial charge in [-0.25, -0.2) is 15.0 Å². The van der Waals surface area contributed by atoms with E-state index in [9.17, 15) is 9.90 Å². The number of hydrogen-bond donors (Lipinski definition) is 4. The van der Waals surface area contributed by atoms with Gasteiger partial charge in [0.1, 0.15) is 17.2 Å². The molecule has 0 fully saturated rings. The third kappa shape index (κ3) is 4.65. The highest BCUT2D eigenvalue weighted by molar-refractivity contribution is 5.78. The standard InChI is InChI=1S/C22H24N8O2/c1-14(7-10-31)27-18-11-20(25-12-15(18)17-5-3-4-8-23-17)28-19-6-9-24-21(29-19)16-13-26-30(2)22(16)32/h3-6,8-9,11-14,26,31H,7,10H2,1-2H3,(H2,24,25,27,28,29)/t14-/m0/s1. The highest BCUT2D eigenvalue weighted by Crippen LogP contribution is 2.29. The summed E-state index contributed by atoms with van der Waals surface area (Å²) in [6, 6.07) is 9.32. The lowest BCUT2D eigenvalue weighted by molar-refractivity contribution is 0.282. The molecule has 0 unspecified atom stereocenters. The predicted octanol–water partition coefficient (Wildman–Crippen LogP) is 2.55. The molecule has 0 aliphatic carbocycles. The van der Waals surface area contributed by atoms with Crippen LogP contribution in [0.2, 0.25) is 0 Å². The Bertz CT molecular complexity index is 1250. The van der Waals surface area contributed by atoms with Gasteiger partial charge in [0.05, 0.1) is 5.69 Å². The van der Waals surface area contributed by atoms with Gasteiger partial charge in [0.25, 0.3) is 5.56 Å². The van der Waals surface area contributed by atoms with Gasteiger partial charge in [0, 0.05) is 61.8 Å². The van der Waals surface area contributed by atoms with Gasteiger partial charge in [-0.1, -0.05) is 6.07 Å². The van der Waals surface area contributed by atoms with Crippen LogP contribution in [-0.2, 0) is 7.05 Å². The number of aromatic amines is 1. The summed E-state index contributed by atoms with van der Waals surface area (Å²) in [6.07, 6.45) is 7.24. The molecule has 4 aromatic rings. The lowest BCUT2D eigenvalue weighted by Gasteiger charge is -2.18. The van der Waals surface area contributed by atoms with E-state index >= 15 is 0 Å². The second kappa shape index (κ2) is 9.40. The zero-order valence-corrected chi connectivity index (χ0v) is 17.8. The zero-order chi connectivity index (χ0) is 22.5. The number of H-pyrrole nitrogens is 1. The summed E-state index contributed by atoms with van der Waals surface area (Å²) in [5, 5.41) is 18.7. The molecule has 4 aromatic heterocycles. The molecule has 0 saturated carbocycles. The number of aromatic nitrogens is 6. The van der Waals surface area contributed by atoms with Gasteiger partial charge in [-0.3, -0.25) is 14.5 Å². The van der Waals surface area contributed by atoms with E-state index in [1.807, 2.05) is 31.2 Å². The van der Waals surface area contributed by atoms with Gasteiger partial charge in [-0.05, 0) is 31.5 Å². The maximum Gasteiger partial charge on any atom is 0.277 e. The highest BCUT2D eigenvalue weighted by Gasteiger charge is 2.13. The minimum Gasteiger partial charge on any atom is -0.396 e. The van der Waals surface area contributed by atoms with Gasteiger partial charge in [-0.2, -0.15) is 0 Å². The monoisotopic (exact) mass is 432 g/mol. The number of aliphatic hydroxyl groups excluding tert-OH is 1. The van der Waals surface area contributed by atoms with Crippen molar-refractivity contribution in [2.75, 3.05) is 17.2 Å². The van der Waals surface area contributed by atoms with Crippen LogP contribution in [0.15, 0.2) is 59.9 Å². The van der Waals surface area contributed by atoms with Crippen molar-refractivity contribution in [3.8, 4) is 22.6 Å². The Balaban J connectivity index is 1.65. The molecule has 0 bridgehead atoms. The van der Waals surface area contributed by atoms with E-state index < -0.39 is 0 Å². The quantitative estimate of drug-likeness (QED) is 0.334. The summed E-state index contributed by atoms with van der Waals surface area (Å²) in [6.45, 7) is 2.09. The minimum absolute atomic E-state index is 0.0492. The van der Waals surface area contributed by atoms with E-state index in [0.29, 0.717) is 29.4 Å². The second-order valence-electron chi connectivity index (χ2n) is 7.33. The first-order chi connectivity index (χ1) is 15.5. The normalized spacial score (nSPS) is 11.8. The van der Waals surface area contributed by atoms with Crippen LogP contribution in [0.3, 0.4) is 0 Å². The molecule has 164 valence electrons. The summed E-state index contributed by atoms with van der Waals surface area (Å²) < 4.78 is 1.36. The van der Waals surface area contributed by atoms with Gasteiger partial charge < -0.3 is 20.8 Å². The number of rotatable bonds is 8. The van der Waals surface area contributed by atoms with E-state index in [1.165, 1.54) is 4.68 Å². The van der Waals surface area contributed by atoms with Crippen LogP contribution in [0, 0.1) is 0 Å². The van der Waals surface area contributed by atoms with Gasteiger partial charge in [0.2, 0.25) is 0 Å². The third-order valence-corrected chi connectivity index (χ3v) is 4.90. The Kier molecular flexibility index (Phi) is 6.22. The average molecular weight is 432 g/mol. The fourth-order valence-corrected chi connectivity index (χ4v) is 3.21. The smallest absolute Gasteiger partial charge is 0.277 e. The second-order valence-corrected chi connectivity index (χ2v) is 7.33. The number of pyridine rings is 2. The Morgan fingerprint density at radius 2 is 2.00 bits per heavy atom. The first-order valence-electron chi connectivity index (χ1n) is 10.2. The number of anilines is 3. The van der Waals surface area contributed by atoms with Crippen molar-refractivity contribution < 1.29 is 5.11 Å². The zero-order valence-electron chi connectivity index (χ0n) is 17.8. The molecular formula is C22H24N8O2. The number of hydrogen-bond acceptors (Lipinski definition) is 8. The van der Waals surface area contributed by atoms with Crippen LogP contribution >= 0.6 is 0 Å². The Hall–Kier alpha value is -4.05. The van der Waals surface area contributed by atoms with E-state index in [0.717, 1.165) is 16.9 Å². The molecule has 0 amide bonds. The number of nitrogens with one attached hydrogen (secondary N) is 3. The fourth-order valence-electron chi connectivity index (χ4n) is 3.21. The van der Waals surface area contributed by atoms with Crippen molar-refractivity contribution in [3.63, 3.8) is 0 Å². The molecule has 0 spiro atoms. The van der Waals surface area contributed by atoms with Crippen molar-refractivity contribution in [2.45, 2.75) is 19.4 Å². The summed E-state index contributed by atoms with van der Waals surface area (Å²) in [4.78, 5) is 29.8. The molecule has 0 aromatic carbocycles. The molecule has 32 heavy (non-hydrogen) atoms. The molecule has 0 radical (unpaired) electrons. The summed E-state index contributed by atoms with van der Waals surface area (Å²) in [5.41, 5.74) is 2.65. The van der Waals surface area contributed by atoms with E-state index in [-0.39, 0.29) is 18.2 Å². The molecule has 4 heterocycles. The fraction of sp³-hybridized carbons (Fsp3) is 0.227. The molecule has 4 rings (SSSR count). The van der Waals surface area contributed by atoms with Crippen LogP contribution in [0.1, 0.15) is 13.3 Å². The van der Waals surface area contributed by atoms with Crippen molar-refractivity contribution >= 4 is 17.3 Å². The van der Waals surface area contributed by atoms with Gasteiger partial charge in [0.15, 0.2) is 5.82 Å². The lowest BCUT2D eigenvalue weighted by atomic mass is 10.1. The summed E-state index contributed by atoms with van der Waals surface area (Å²) in [5.74, 6) is 1.39. The van der Waals surface area contributed by atoms with Crippen LogP contribution in [0.25, 0.3) is 22.6 Å². The topological polar surface area (TPSA) is 134 Å². The molecule has 0 saturated heterocycles. The largest absolute Gasteiger partial charge is 0.396 e. The van der Waals surface area contributed by atoms with Gasteiger partial charge in [-0.15, -0.1) is 0 Å². The van der Waals surface area contributed by atoms with E-state index in [2.05, 4.69) is 35.7 Å². The maximum absolute atomic E-state index is 12.2. The Morgan fingerprint density at radius 1 is 1.12 bits per heavy atom. The Labute approximate surface area is 184 Å². The van der Waals surface area contributed by atoms with Crippen LogP contribution in [-0.4, -0.2) is 47.5 Å². The maximum atomic E-state index is 12.2. The molecule has 10 heteroatoms. The number of aliphatic hydroxyl groups is 1. The summed E-state index contributed by atoms with van der Waals surface area (Å²) in [7, 11) is 1.63. The van der Waals surface area contributed by atoms with E-state index in [1.54, 1.807) is 37.9 Å². The average Bonchev–Trinajstić information content (AvgIpc) is 3.13. The van der Waals surface area contributed by atoms with Crippen molar-refractivity contribution in [3.05, 3.63) is 65.5 Å². The van der Waals surface area contributed by atoms with Crippen LogP contribution in [0.5, 0.6) is 0 Å². The van der Waals surface area contributed by atoms with Crippen LogP contribution < -0.4 is 16.2 Å². The van der Waals surface area contributed by atoms with Crippen molar-refractivity contribution in [1.29, 1.82) is 0 Å². The minimum atomic E-state index is -0.204. The Morgan fingerprint density at radius 3 is 2.72 bits per heavy atom. The first-order valence-corrected chi connectivity index (χ1v) is 10.2.